The molecule has 0 amide bonds. The van der Waals surface area contributed by atoms with Gasteiger partial charge in [-0.2, -0.15) is 0 Å². The molecule has 0 unspecified atom stereocenters. The molecule has 4 rings (SSSR count). The molecule has 0 radical (unpaired) electrons. The smallest absolute Gasteiger partial charge is 0.0779 e. The zero-order chi connectivity index (χ0) is 19.0. The molecule has 1 aromatic heterocycles. The summed E-state index contributed by atoms with van der Waals surface area (Å²) in [5.74, 6) is 0. The van der Waals surface area contributed by atoms with Crippen molar-refractivity contribution in [2.24, 2.45) is 0 Å². The Labute approximate surface area is 177 Å². The van der Waals surface area contributed by atoms with E-state index in [0.717, 1.165) is 23.2 Å². The lowest BCUT2D eigenvalue weighted by atomic mass is 10.1. The Hall–Kier alpha value is -1.01. The predicted octanol–water partition coefficient (Wildman–Crippen LogP) is 4.80. The number of hydrogen-bond acceptors (Lipinski definition) is 4. The van der Waals surface area contributed by atoms with Crippen LogP contribution in [0.2, 0.25) is 10.0 Å². The Kier molecular flexibility index (Phi) is 5.83. The second kappa shape index (κ2) is 8.16. The minimum Gasteiger partial charge on any atom is -0.375 e. The normalized spacial score (nSPS) is 16.0. The van der Waals surface area contributed by atoms with E-state index in [1.165, 1.54) is 25.1 Å². The van der Waals surface area contributed by atoms with Crippen LogP contribution in [0.3, 0.4) is 0 Å². The first-order valence-corrected chi connectivity index (χ1v) is 11.0. The summed E-state index contributed by atoms with van der Waals surface area (Å²) in [5, 5.41) is 3.60. The summed E-state index contributed by atoms with van der Waals surface area (Å²) in [6.07, 6.45) is 10.8. The molecule has 0 spiro atoms. The lowest BCUT2D eigenvalue weighted by Crippen LogP contribution is -2.21. The Morgan fingerprint density at radius 1 is 1.07 bits per heavy atom. The van der Waals surface area contributed by atoms with Gasteiger partial charge in [0.15, 0.2) is 0 Å². The van der Waals surface area contributed by atoms with Gasteiger partial charge in [-0.1, -0.05) is 53.2 Å². The summed E-state index contributed by atoms with van der Waals surface area (Å²) in [7, 11) is 4.11. The largest absolute Gasteiger partial charge is 0.375 e. The summed E-state index contributed by atoms with van der Waals surface area (Å²) in [6, 6.07) is 3.96. The minimum absolute atomic E-state index is 0.594. The summed E-state index contributed by atoms with van der Waals surface area (Å²) in [4.78, 5) is 4.60. The summed E-state index contributed by atoms with van der Waals surface area (Å²) in [5.41, 5.74) is 1.22. The van der Waals surface area contributed by atoms with Crippen molar-refractivity contribution >= 4 is 67.4 Å². The van der Waals surface area contributed by atoms with Crippen LogP contribution in [0.15, 0.2) is 46.9 Å². The molecule has 1 aliphatic carbocycles. The van der Waals surface area contributed by atoms with Crippen LogP contribution in [0.1, 0.15) is 0 Å². The summed E-state index contributed by atoms with van der Waals surface area (Å²) >= 11 is 16.1. The highest BCUT2D eigenvalue weighted by molar-refractivity contribution is 8.11. The standard InChI is InChI=1S/C21H19Cl2NOS2/c1-24(2)8-9-25-12-14-7-6-13-4-3-5-18-20(21(13)26-14)15-10-16(22)17(23)11-19(15)27-18/h3-7,10-11H,8-9,12H2,1-2H3. The van der Waals surface area contributed by atoms with Gasteiger partial charge in [0.1, 0.15) is 0 Å². The molecule has 2 nitrogen and oxygen atoms in total. The molecule has 27 heavy (non-hydrogen) atoms. The van der Waals surface area contributed by atoms with Crippen molar-refractivity contribution in [3.05, 3.63) is 66.7 Å². The molecular formula is C21H19Cl2NOS2. The number of likely N-dealkylation sites (N-methyl/N-ethyl adjacent to an activating group) is 1. The van der Waals surface area contributed by atoms with E-state index in [0.29, 0.717) is 16.7 Å². The molecular weight excluding hydrogens is 417 g/mol. The van der Waals surface area contributed by atoms with Crippen molar-refractivity contribution in [3.63, 3.8) is 0 Å². The zero-order valence-electron chi connectivity index (χ0n) is 15.1. The first-order chi connectivity index (χ1) is 13.0. The Morgan fingerprint density at radius 3 is 2.70 bits per heavy atom. The van der Waals surface area contributed by atoms with E-state index in [4.69, 9.17) is 27.9 Å². The van der Waals surface area contributed by atoms with Crippen LogP contribution in [0.4, 0.5) is 0 Å². The number of thiophene rings is 1. The van der Waals surface area contributed by atoms with Crippen molar-refractivity contribution in [3.8, 4) is 0 Å². The maximum Gasteiger partial charge on any atom is 0.0779 e. The molecule has 2 heterocycles. The molecule has 0 saturated carbocycles. The zero-order valence-corrected chi connectivity index (χ0v) is 18.2. The van der Waals surface area contributed by atoms with Crippen LogP contribution in [-0.2, 0) is 4.74 Å². The highest BCUT2D eigenvalue weighted by Crippen LogP contribution is 2.38. The van der Waals surface area contributed by atoms with Crippen LogP contribution in [0.25, 0.3) is 21.1 Å². The Bertz CT molecular complexity index is 1110. The van der Waals surface area contributed by atoms with Crippen molar-refractivity contribution in [1.82, 2.24) is 4.90 Å². The average molecular weight is 436 g/mol. The first kappa shape index (κ1) is 19.3. The van der Waals surface area contributed by atoms with Gasteiger partial charge in [0, 0.05) is 36.2 Å². The SMILES string of the molecule is CN(C)CCOCC1=CC=C2C=CC=c3sc4cc(Cl)c(Cl)cc4c3=C2S1. The monoisotopic (exact) mass is 435 g/mol. The number of benzene rings is 1. The topological polar surface area (TPSA) is 12.5 Å². The van der Waals surface area contributed by atoms with E-state index >= 15 is 0 Å². The van der Waals surface area contributed by atoms with Crippen LogP contribution in [0, 0.1) is 0 Å². The molecule has 0 fully saturated rings. The highest BCUT2D eigenvalue weighted by Gasteiger charge is 2.17. The first-order valence-electron chi connectivity index (χ1n) is 8.65. The number of ether oxygens (including phenoxy) is 1. The van der Waals surface area contributed by atoms with Gasteiger partial charge < -0.3 is 9.64 Å². The molecule has 140 valence electrons. The predicted molar refractivity (Wildman–Crippen MR) is 121 cm³/mol. The quantitative estimate of drug-likeness (QED) is 0.625. The molecule has 1 aliphatic heterocycles. The third kappa shape index (κ3) is 4.07. The lowest BCUT2D eigenvalue weighted by Gasteiger charge is -2.16. The molecule has 0 N–H and O–H groups in total. The number of nitrogens with zero attached hydrogens (tertiary/aromatic N) is 1. The van der Waals surface area contributed by atoms with Gasteiger partial charge >= 0.3 is 0 Å². The van der Waals surface area contributed by atoms with Crippen LogP contribution >= 0.6 is 46.3 Å². The third-order valence-electron chi connectivity index (χ3n) is 4.38. The van der Waals surface area contributed by atoms with Gasteiger partial charge in [0.05, 0.1) is 23.3 Å². The maximum absolute atomic E-state index is 6.32. The lowest BCUT2D eigenvalue weighted by molar-refractivity contribution is 0.140. The highest BCUT2D eigenvalue weighted by atomic mass is 35.5. The van der Waals surface area contributed by atoms with Crippen LogP contribution in [-0.4, -0.2) is 38.8 Å². The van der Waals surface area contributed by atoms with Gasteiger partial charge in [0.25, 0.3) is 0 Å². The van der Waals surface area contributed by atoms with Crippen molar-refractivity contribution in [2.45, 2.75) is 0 Å². The number of halogens is 2. The van der Waals surface area contributed by atoms with E-state index < -0.39 is 0 Å². The maximum atomic E-state index is 6.32. The molecule has 6 heteroatoms. The van der Waals surface area contributed by atoms with Crippen LogP contribution < -0.4 is 9.75 Å². The number of thioether (sulfide) groups is 1. The Balaban J connectivity index is 1.75. The van der Waals surface area contributed by atoms with E-state index in [1.54, 1.807) is 23.1 Å². The van der Waals surface area contributed by atoms with Crippen molar-refractivity contribution in [2.75, 3.05) is 33.9 Å². The molecule has 2 aromatic rings. The van der Waals surface area contributed by atoms with Gasteiger partial charge in [-0.25, -0.2) is 0 Å². The second-order valence-corrected chi connectivity index (χ2v) is 9.71. The minimum atomic E-state index is 0.594. The molecule has 0 saturated heterocycles. The average Bonchev–Trinajstić information content (AvgIpc) is 2.86. The second-order valence-electron chi connectivity index (χ2n) is 6.67. The van der Waals surface area contributed by atoms with Gasteiger partial charge in [-0.05, 0) is 44.0 Å². The Morgan fingerprint density at radius 2 is 1.89 bits per heavy atom. The van der Waals surface area contributed by atoms with Gasteiger partial charge in [-0.15, -0.1) is 11.3 Å². The van der Waals surface area contributed by atoms with E-state index in [1.807, 2.05) is 12.1 Å². The van der Waals surface area contributed by atoms with Crippen molar-refractivity contribution < 1.29 is 4.74 Å². The number of hydrogen-bond donors (Lipinski definition) is 0. The fourth-order valence-corrected chi connectivity index (χ4v) is 5.73. The number of rotatable bonds is 5. The molecule has 0 bridgehead atoms. The third-order valence-corrected chi connectivity index (χ3v) is 7.38. The van der Waals surface area contributed by atoms with Gasteiger partial charge in [-0.3, -0.25) is 0 Å². The van der Waals surface area contributed by atoms with Gasteiger partial charge in [0.2, 0.25) is 0 Å². The number of allylic oxidation sites excluding steroid dienone is 4. The summed E-state index contributed by atoms with van der Waals surface area (Å²) < 4.78 is 8.25. The fraction of sp³-hybridized carbons (Fsp3) is 0.238. The number of fused-ring (bicyclic) bond motifs is 4. The summed E-state index contributed by atoms with van der Waals surface area (Å²) in [6.45, 7) is 2.28. The molecule has 1 aromatic carbocycles. The van der Waals surface area contributed by atoms with Crippen LogP contribution in [0.5, 0.6) is 0 Å². The fourth-order valence-electron chi connectivity index (χ4n) is 3.01. The van der Waals surface area contributed by atoms with E-state index in [2.05, 4.69) is 49.4 Å². The van der Waals surface area contributed by atoms with E-state index in [-0.39, 0.29) is 0 Å². The molecule has 0 atom stereocenters. The van der Waals surface area contributed by atoms with E-state index in [9.17, 15) is 0 Å². The molecule has 2 aliphatic rings. The van der Waals surface area contributed by atoms with Crippen molar-refractivity contribution in [1.29, 1.82) is 0 Å².